The van der Waals surface area contributed by atoms with E-state index in [-0.39, 0.29) is 17.9 Å². The standard InChI is InChI=1S/C11H21N3O3/c1-12(2)11(16)14-7-5-6-9(8-14)10(15)13(3)17-4/h9H,5-8H2,1-4H3. The molecule has 1 atom stereocenters. The average molecular weight is 243 g/mol. The third kappa shape index (κ3) is 3.33. The van der Waals surface area contributed by atoms with E-state index in [0.29, 0.717) is 6.54 Å². The summed E-state index contributed by atoms with van der Waals surface area (Å²) in [6.07, 6.45) is 1.66. The van der Waals surface area contributed by atoms with Gasteiger partial charge < -0.3 is 9.80 Å². The van der Waals surface area contributed by atoms with Gasteiger partial charge in [-0.1, -0.05) is 0 Å². The summed E-state index contributed by atoms with van der Waals surface area (Å²) in [5, 5.41) is 1.23. The zero-order chi connectivity index (χ0) is 13.0. The Morgan fingerprint density at radius 1 is 1.29 bits per heavy atom. The second-order valence-corrected chi connectivity index (χ2v) is 4.48. The number of hydroxylamine groups is 2. The van der Waals surface area contributed by atoms with Crippen LogP contribution in [0.1, 0.15) is 12.8 Å². The molecule has 0 bridgehead atoms. The van der Waals surface area contributed by atoms with Crippen molar-refractivity contribution >= 4 is 11.9 Å². The largest absolute Gasteiger partial charge is 0.331 e. The summed E-state index contributed by atoms with van der Waals surface area (Å²) in [6.45, 7) is 1.20. The highest BCUT2D eigenvalue weighted by Crippen LogP contribution is 2.19. The smallest absolute Gasteiger partial charge is 0.319 e. The maximum atomic E-state index is 11.9. The van der Waals surface area contributed by atoms with Crippen molar-refractivity contribution in [2.75, 3.05) is 41.3 Å². The molecule has 17 heavy (non-hydrogen) atoms. The number of carbonyl (C=O) groups excluding carboxylic acids is 2. The topological polar surface area (TPSA) is 53.1 Å². The minimum absolute atomic E-state index is 0.0393. The summed E-state index contributed by atoms with van der Waals surface area (Å²) in [7, 11) is 6.49. The summed E-state index contributed by atoms with van der Waals surface area (Å²) < 4.78 is 0. The lowest BCUT2D eigenvalue weighted by Gasteiger charge is -2.34. The molecule has 3 amide bonds. The third-order valence-electron chi connectivity index (χ3n) is 3.01. The molecule has 1 fully saturated rings. The highest BCUT2D eigenvalue weighted by molar-refractivity contribution is 5.80. The first-order valence-electron chi connectivity index (χ1n) is 5.75. The molecule has 0 saturated carbocycles. The number of rotatable bonds is 2. The summed E-state index contributed by atoms with van der Waals surface area (Å²) in [5.41, 5.74) is 0. The minimum Gasteiger partial charge on any atom is -0.331 e. The molecule has 0 aliphatic carbocycles. The molecule has 0 aromatic heterocycles. The monoisotopic (exact) mass is 243 g/mol. The molecular formula is C11H21N3O3. The number of hydrogen-bond donors (Lipinski definition) is 0. The number of likely N-dealkylation sites (tertiary alicyclic amines) is 1. The minimum atomic E-state index is -0.155. The van der Waals surface area contributed by atoms with Crippen LogP contribution >= 0.6 is 0 Å². The molecule has 1 saturated heterocycles. The van der Waals surface area contributed by atoms with Gasteiger partial charge in [0.2, 0.25) is 0 Å². The third-order valence-corrected chi connectivity index (χ3v) is 3.01. The Morgan fingerprint density at radius 2 is 1.94 bits per heavy atom. The Labute approximate surface area is 102 Å². The van der Waals surface area contributed by atoms with Crippen molar-refractivity contribution in [1.82, 2.24) is 14.9 Å². The van der Waals surface area contributed by atoms with Gasteiger partial charge in [0.15, 0.2) is 0 Å². The summed E-state index contributed by atoms with van der Waals surface area (Å²) in [4.78, 5) is 31.8. The zero-order valence-electron chi connectivity index (χ0n) is 11.0. The predicted octanol–water partition coefficient (Wildman–Crippen LogP) is 0.400. The lowest BCUT2D eigenvalue weighted by atomic mass is 9.97. The van der Waals surface area contributed by atoms with Gasteiger partial charge in [0.1, 0.15) is 0 Å². The van der Waals surface area contributed by atoms with Crippen LogP contribution in [0.15, 0.2) is 0 Å². The Bertz CT molecular complexity index is 294. The fourth-order valence-electron chi connectivity index (χ4n) is 1.98. The Balaban J connectivity index is 2.60. The number of amides is 3. The van der Waals surface area contributed by atoms with Crippen LogP contribution in [-0.4, -0.2) is 68.1 Å². The van der Waals surface area contributed by atoms with Crippen LogP contribution in [0.5, 0.6) is 0 Å². The summed E-state index contributed by atoms with van der Waals surface area (Å²) in [6, 6.07) is -0.0393. The van der Waals surface area contributed by atoms with Gasteiger partial charge in [0, 0.05) is 34.2 Å². The van der Waals surface area contributed by atoms with Gasteiger partial charge in [-0.3, -0.25) is 9.63 Å². The fraction of sp³-hybridized carbons (Fsp3) is 0.818. The number of nitrogens with zero attached hydrogens (tertiary/aromatic N) is 3. The molecule has 6 nitrogen and oxygen atoms in total. The quantitative estimate of drug-likeness (QED) is 0.660. The van der Waals surface area contributed by atoms with Crippen molar-refractivity contribution in [2.24, 2.45) is 5.92 Å². The molecule has 6 heteroatoms. The normalized spacial score (nSPS) is 20.0. The van der Waals surface area contributed by atoms with E-state index in [1.54, 1.807) is 26.0 Å². The molecule has 1 rings (SSSR count). The van der Waals surface area contributed by atoms with Gasteiger partial charge in [-0.15, -0.1) is 0 Å². The van der Waals surface area contributed by atoms with E-state index in [1.165, 1.54) is 17.1 Å². The van der Waals surface area contributed by atoms with Gasteiger partial charge in [0.05, 0.1) is 13.0 Å². The molecule has 1 unspecified atom stereocenters. The molecule has 1 heterocycles. The van der Waals surface area contributed by atoms with Crippen LogP contribution in [0.2, 0.25) is 0 Å². The van der Waals surface area contributed by atoms with Gasteiger partial charge in [-0.2, -0.15) is 0 Å². The lowest BCUT2D eigenvalue weighted by Crippen LogP contribution is -2.48. The Hall–Kier alpha value is -1.30. The highest BCUT2D eigenvalue weighted by Gasteiger charge is 2.30. The van der Waals surface area contributed by atoms with Crippen LogP contribution < -0.4 is 0 Å². The lowest BCUT2D eigenvalue weighted by molar-refractivity contribution is -0.174. The molecule has 0 N–H and O–H groups in total. The molecule has 1 aliphatic heterocycles. The van der Waals surface area contributed by atoms with Gasteiger partial charge in [-0.25, -0.2) is 9.86 Å². The fourth-order valence-corrected chi connectivity index (χ4v) is 1.98. The zero-order valence-corrected chi connectivity index (χ0v) is 11.0. The van der Waals surface area contributed by atoms with Gasteiger partial charge in [-0.05, 0) is 12.8 Å². The van der Waals surface area contributed by atoms with E-state index in [1.807, 2.05) is 0 Å². The first kappa shape index (κ1) is 13.8. The molecular weight excluding hydrogens is 222 g/mol. The summed E-state index contributed by atoms with van der Waals surface area (Å²) >= 11 is 0. The molecule has 1 aliphatic rings. The molecule has 0 aromatic rings. The van der Waals surface area contributed by atoms with E-state index in [9.17, 15) is 9.59 Å². The number of urea groups is 1. The highest BCUT2D eigenvalue weighted by atomic mass is 16.7. The number of carbonyl (C=O) groups is 2. The van der Waals surface area contributed by atoms with Gasteiger partial charge in [0.25, 0.3) is 5.91 Å². The van der Waals surface area contributed by atoms with E-state index < -0.39 is 0 Å². The molecule has 0 aromatic carbocycles. The maximum absolute atomic E-state index is 11.9. The summed E-state index contributed by atoms with van der Waals surface area (Å²) in [5.74, 6) is -0.221. The van der Waals surface area contributed by atoms with Crippen molar-refractivity contribution in [3.8, 4) is 0 Å². The van der Waals surface area contributed by atoms with Crippen molar-refractivity contribution in [3.63, 3.8) is 0 Å². The predicted molar refractivity (Wildman–Crippen MR) is 63.2 cm³/mol. The Morgan fingerprint density at radius 3 is 2.47 bits per heavy atom. The SMILES string of the molecule is CON(C)C(=O)C1CCCN(C(=O)N(C)C)C1. The van der Waals surface area contributed by atoms with E-state index in [2.05, 4.69) is 0 Å². The van der Waals surface area contributed by atoms with Crippen molar-refractivity contribution < 1.29 is 14.4 Å². The van der Waals surface area contributed by atoms with E-state index in [0.717, 1.165) is 19.4 Å². The molecule has 0 spiro atoms. The van der Waals surface area contributed by atoms with Gasteiger partial charge >= 0.3 is 6.03 Å². The van der Waals surface area contributed by atoms with Crippen molar-refractivity contribution in [2.45, 2.75) is 12.8 Å². The van der Waals surface area contributed by atoms with Crippen molar-refractivity contribution in [3.05, 3.63) is 0 Å². The molecule has 0 radical (unpaired) electrons. The molecule has 98 valence electrons. The Kier molecular flexibility index (Phi) is 4.74. The number of hydrogen-bond acceptors (Lipinski definition) is 3. The van der Waals surface area contributed by atoms with Crippen LogP contribution in [0.25, 0.3) is 0 Å². The maximum Gasteiger partial charge on any atom is 0.319 e. The van der Waals surface area contributed by atoms with E-state index in [4.69, 9.17) is 4.84 Å². The van der Waals surface area contributed by atoms with Crippen LogP contribution in [-0.2, 0) is 9.63 Å². The second kappa shape index (κ2) is 5.86. The van der Waals surface area contributed by atoms with Crippen LogP contribution in [0.3, 0.4) is 0 Å². The van der Waals surface area contributed by atoms with E-state index >= 15 is 0 Å². The second-order valence-electron chi connectivity index (χ2n) is 4.48. The average Bonchev–Trinajstić information content (AvgIpc) is 2.35. The number of piperidine rings is 1. The first-order chi connectivity index (χ1) is 7.97. The van der Waals surface area contributed by atoms with Crippen molar-refractivity contribution in [1.29, 1.82) is 0 Å². The van der Waals surface area contributed by atoms with Crippen LogP contribution in [0.4, 0.5) is 4.79 Å². The van der Waals surface area contributed by atoms with Crippen LogP contribution in [0, 0.1) is 5.92 Å². The first-order valence-corrected chi connectivity index (χ1v) is 5.75.